The Bertz CT molecular complexity index is 83.0. The van der Waals surface area contributed by atoms with E-state index in [2.05, 4.69) is 12.3 Å². The van der Waals surface area contributed by atoms with E-state index in [1.54, 1.807) is 0 Å². The molecule has 0 spiro atoms. The summed E-state index contributed by atoms with van der Waals surface area (Å²) in [6, 6.07) is 0.582. The lowest BCUT2D eigenvalue weighted by Crippen LogP contribution is -2.41. The van der Waals surface area contributed by atoms with Crippen LogP contribution in [0.15, 0.2) is 0 Å². The standard InChI is InChI=1S/C7H16N2/c1-6-4-2-3-5-7(6)9-8/h6-7,9H,2-5,8H2,1H3/t6-,7+/m0/s1. The van der Waals surface area contributed by atoms with Gasteiger partial charge in [-0.2, -0.15) is 0 Å². The summed E-state index contributed by atoms with van der Waals surface area (Å²) in [5, 5.41) is 0. The molecule has 0 aromatic heterocycles. The van der Waals surface area contributed by atoms with Crippen molar-refractivity contribution in [2.24, 2.45) is 11.8 Å². The Labute approximate surface area is 56.8 Å². The van der Waals surface area contributed by atoms with Gasteiger partial charge in [0.1, 0.15) is 0 Å². The van der Waals surface area contributed by atoms with Gasteiger partial charge in [-0.15, -0.1) is 0 Å². The summed E-state index contributed by atoms with van der Waals surface area (Å²) in [4.78, 5) is 0. The van der Waals surface area contributed by atoms with Gasteiger partial charge in [0.05, 0.1) is 0 Å². The number of hydrogen-bond acceptors (Lipinski definition) is 2. The van der Waals surface area contributed by atoms with Crippen molar-refractivity contribution in [3.63, 3.8) is 0 Å². The highest BCUT2D eigenvalue weighted by molar-refractivity contribution is 4.75. The molecule has 1 rings (SSSR count). The lowest BCUT2D eigenvalue weighted by molar-refractivity contribution is 0.284. The van der Waals surface area contributed by atoms with Crippen LogP contribution in [0.2, 0.25) is 0 Å². The van der Waals surface area contributed by atoms with Crippen LogP contribution in [-0.2, 0) is 0 Å². The fourth-order valence-electron chi connectivity index (χ4n) is 1.56. The van der Waals surface area contributed by atoms with Gasteiger partial charge in [0.2, 0.25) is 0 Å². The molecule has 0 saturated heterocycles. The normalized spacial score (nSPS) is 36.7. The Morgan fingerprint density at radius 2 is 2.00 bits per heavy atom. The van der Waals surface area contributed by atoms with Gasteiger partial charge in [0.15, 0.2) is 0 Å². The van der Waals surface area contributed by atoms with Crippen LogP contribution in [-0.4, -0.2) is 6.04 Å². The van der Waals surface area contributed by atoms with Crippen molar-refractivity contribution in [1.29, 1.82) is 0 Å². The maximum atomic E-state index is 5.34. The maximum absolute atomic E-state index is 5.34. The van der Waals surface area contributed by atoms with E-state index in [9.17, 15) is 0 Å². The summed E-state index contributed by atoms with van der Waals surface area (Å²) in [7, 11) is 0. The van der Waals surface area contributed by atoms with E-state index >= 15 is 0 Å². The van der Waals surface area contributed by atoms with Crippen LogP contribution >= 0.6 is 0 Å². The topological polar surface area (TPSA) is 38.0 Å². The average molecular weight is 128 g/mol. The Balaban J connectivity index is 2.30. The molecule has 0 radical (unpaired) electrons. The second-order valence-corrected chi connectivity index (χ2v) is 3.03. The summed E-state index contributed by atoms with van der Waals surface area (Å²) in [5.74, 6) is 6.12. The van der Waals surface area contributed by atoms with E-state index in [0.29, 0.717) is 6.04 Å². The molecule has 1 saturated carbocycles. The molecule has 54 valence electrons. The van der Waals surface area contributed by atoms with E-state index in [-0.39, 0.29) is 0 Å². The zero-order valence-electron chi connectivity index (χ0n) is 6.06. The third kappa shape index (κ3) is 1.66. The van der Waals surface area contributed by atoms with Crippen molar-refractivity contribution in [1.82, 2.24) is 5.43 Å². The summed E-state index contributed by atoms with van der Waals surface area (Å²) in [5.41, 5.74) is 2.85. The first kappa shape index (κ1) is 7.03. The summed E-state index contributed by atoms with van der Waals surface area (Å²) in [6.45, 7) is 2.27. The highest BCUT2D eigenvalue weighted by Crippen LogP contribution is 2.22. The first-order chi connectivity index (χ1) is 4.34. The summed E-state index contributed by atoms with van der Waals surface area (Å²) < 4.78 is 0. The van der Waals surface area contributed by atoms with E-state index in [1.165, 1.54) is 25.7 Å². The highest BCUT2D eigenvalue weighted by atomic mass is 15.2. The SMILES string of the molecule is C[C@H]1CCCC[C@H]1NN. The zero-order valence-corrected chi connectivity index (χ0v) is 6.06. The van der Waals surface area contributed by atoms with Gasteiger partial charge >= 0.3 is 0 Å². The van der Waals surface area contributed by atoms with Crippen LogP contribution in [0.25, 0.3) is 0 Å². The molecule has 0 aromatic carbocycles. The van der Waals surface area contributed by atoms with Gasteiger partial charge in [-0.1, -0.05) is 19.8 Å². The summed E-state index contributed by atoms with van der Waals surface area (Å²) >= 11 is 0. The van der Waals surface area contributed by atoms with Gasteiger partial charge in [-0.25, -0.2) is 0 Å². The predicted molar refractivity (Wildman–Crippen MR) is 38.7 cm³/mol. The molecule has 2 heteroatoms. The molecular formula is C7H16N2. The van der Waals surface area contributed by atoms with Crippen molar-refractivity contribution >= 4 is 0 Å². The lowest BCUT2D eigenvalue weighted by Gasteiger charge is -2.27. The third-order valence-electron chi connectivity index (χ3n) is 2.33. The number of hydrazine groups is 1. The van der Waals surface area contributed by atoms with Gasteiger partial charge < -0.3 is 0 Å². The first-order valence-electron chi connectivity index (χ1n) is 3.80. The van der Waals surface area contributed by atoms with Crippen LogP contribution in [0, 0.1) is 5.92 Å². The van der Waals surface area contributed by atoms with E-state index in [4.69, 9.17) is 5.84 Å². The fourth-order valence-corrected chi connectivity index (χ4v) is 1.56. The molecule has 0 heterocycles. The second kappa shape index (κ2) is 3.18. The third-order valence-corrected chi connectivity index (χ3v) is 2.33. The van der Waals surface area contributed by atoms with Crippen molar-refractivity contribution in [2.45, 2.75) is 38.6 Å². The fraction of sp³-hybridized carbons (Fsp3) is 1.00. The van der Waals surface area contributed by atoms with Crippen LogP contribution < -0.4 is 11.3 Å². The van der Waals surface area contributed by atoms with Crippen LogP contribution in [0.3, 0.4) is 0 Å². The minimum absolute atomic E-state index is 0.582. The maximum Gasteiger partial charge on any atom is 0.0236 e. The number of nitrogens with two attached hydrogens (primary N) is 1. The zero-order chi connectivity index (χ0) is 6.69. The molecule has 2 atom stereocenters. The molecule has 0 unspecified atom stereocenters. The smallest absolute Gasteiger partial charge is 0.0236 e. The Kier molecular flexibility index (Phi) is 2.49. The average Bonchev–Trinajstić information content (AvgIpc) is 1.89. The Morgan fingerprint density at radius 1 is 1.33 bits per heavy atom. The molecule has 0 aromatic rings. The molecule has 2 nitrogen and oxygen atoms in total. The molecule has 0 aliphatic heterocycles. The number of nitrogens with one attached hydrogen (secondary N) is 1. The Morgan fingerprint density at radius 3 is 2.44 bits per heavy atom. The molecule has 9 heavy (non-hydrogen) atoms. The van der Waals surface area contributed by atoms with Crippen molar-refractivity contribution in [3.8, 4) is 0 Å². The quantitative estimate of drug-likeness (QED) is 0.409. The minimum atomic E-state index is 0.582. The van der Waals surface area contributed by atoms with Gasteiger partial charge in [-0.05, 0) is 18.8 Å². The number of rotatable bonds is 1. The first-order valence-corrected chi connectivity index (χ1v) is 3.80. The highest BCUT2D eigenvalue weighted by Gasteiger charge is 2.18. The molecular weight excluding hydrogens is 112 g/mol. The largest absolute Gasteiger partial charge is 0.271 e. The lowest BCUT2D eigenvalue weighted by atomic mass is 9.86. The molecule has 1 aliphatic carbocycles. The van der Waals surface area contributed by atoms with E-state index in [1.807, 2.05) is 0 Å². The van der Waals surface area contributed by atoms with Crippen LogP contribution in [0.4, 0.5) is 0 Å². The monoisotopic (exact) mass is 128 g/mol. The van der Waals surface area contributed by atoms with E-state index < -0.39 is 0 Å². The number of hydrogen-bond donors (Lipinski definition) is 2. The van der Waals surface area contributed by atoms with Gasteiger partial charge in [-0.3, -0.25) is 11.3 Å². The minimum Gasteiger partial charge on any atom is -0.271 e. The van der Waals surface area contributed by atoms with Gasteiger partial charge in [0.25, 0.3) is 0 Å². The van der Waals surface area contributed by atoms with Gasteiger partial charge in [0, 0.05) is 6.04 Å². The van der Waals surface area contributed by atoms with Crippen LogP contribution in [0.5, 0.6) is 0 Å². The van der Waals surface area contributed by atoms with Crippen LogP contribution in [0.1, 0.15) is 32.6 Å². The molecule has 1 aliphatic rings. The molecule has 1 fully saturated rings. The summed E-state index contributed by atoms with van der Waals surface area (Å²) in [6.07, 6.45) is 5.34. The van der Waals surface area contributed by atoms with Crippen molar-refractivity contribution in [2.75, 3.05) is 0 Å². The van der Waals surface area contributed by atoms with Crippen molar-refractivity contribution in [3.05, 3.63) is 0 Å². The second-order valence-electron chi connectivity index (χ2n) is 3.03. The van der Waals surface area contributed by atoms with E-state index in [0.717, 1.165) is 5.92 Å². The molecule has 0 amide bonds. The molecule has 3 N–H and O–H groups in total. The Hall–Kier alpha value is -0.0800. The van der Waals surface area contributed by atoms with Crippen molar-refractivity contribution < 1.29 is 0 Å². The molecule has 0 bridgehead atoms. The predicted octanol–water partition coefficient (Wildman–Crippen LogP) is 1.03.